The number of oxime groups is 1. The Morgan fingerprint density at radius 1 is 1.47 bits per heavy atom. The normalized spacial score (nSPS) is 11.5. The molecule has 100 valence electrons. The standard InChI is InChI=1S/C12H15N5OS/c1-17(5-4-9-3-2-6-19-9)11-8-14-10(7-15-11)12(13)16-18/h2-3,6-8,18H,4-5H2,1H3,(H2,13,16). The van der Waals surface area contributed by atoms with Gasteiger partial charge in [-0.2, -0.15) is 0 Å². The first kappa shape index (κ1) is 13.3. The van der Waals surface area contributed by atoms with Crippen molar-refractivity contribution in [1.82, 2.24) is 9.97 Å². The van der Waals surface area contributed by atoms with Gasteiger partial charge >= 0.3 is 0 Å². The molecule has 0 atom stereocenters. The third kappa shape index (κ3) is 3.41. The Morgan fingerprint density at radius 3 is 2.89 bits per heavy atom. The van der Waals surface area contributed by atoms with Crippen molar-refractivity contribution in [2.24, 2.45) is 10.9 Å². The molecule has 0 aliphatic heterocycles. The van der Waals surface area contributed by atoms with Gasteiger partial charge in [0.25, 0.3) is 0 Å². The summed E-state index contributed by atoms with van der Waals surface area (Å²) in [6.45, 7) is 0.859. The monoisotopic (exact) mass is 277 g/mol. The van der Waals surface area contributed by atoms with Gasteiger partial charge in [-0.25, -0.2) is 9.97 Å². The van der Waals surface area contributed by atoms with Crippen molar-refractivity contribution in [3.63, 3.8) is 0 Å². The molecule has 0 saturated heterocycles. The van der Waals surface area contributed by atoms with Gasteiger partial charge in [-0.15, -0.1) is 11.3 Å². The van der Waals surface area contributed by atoms with E-state index >= 15 is 0 Å². The summed E-state index contributed by atoms with van der Waals surface area (Å²) in [6.07, 6.45) is 4.08. The van der Waals surface area contributed by atoms with Crippen molar-refractivity contribution in [3.05, 3.63) is 40.5 Å². The molecule has 6 nitrogen and oxygen atoms in total. The van der Waals surface area contributed by atoms with E-state index in [1.54, 1.807) is 17.5 Å². The second kappa shape index (κ2) is 6.14. The van der Waals surface area contributed by atoms with E-state index in [1.165, 1.54) is 11.1 Å². The lowest BCUT2D eigenvalue weighted by molar-refractivity contribution is 0.318. The van der Waals surface area contributed by atoms with Crippen molar-refractivity contribution in [1.29, 1.82) is 0 Å². The zero-order valence-corrected chi connectivity index (χ0v) is 11.3. The number of nitrogens with two attached hydrogens (primary N) is 1. The zero-order chi connectivity index (χ0) is 13.7. The van der Waals surface area contributed by atoms with E-state index < -0.39 is 0 Å². The van der Waals surface area contributed by atoms with Gasteiger partial charge in [-0.1, -0.05) is 11.2 Å². The fourth-order valence-corrected chi connectivity index (χ4v) is 2.25. The number of aromatic nitrogens is 2. The minimum atomic E-state index is -0.0414. The van der Waals surface area contributed by atoms with E-state index in [9.17, 15) is 0 Å². The Hall–Kier alpha value is -2.15. The number of rotatable bonds is 5. The van der Waals surface area contributed by atoms with Gasteiger partial charge in [0.05, 0.1) is 12.4 Å². The summed E-state index contributed by atoms with van der Waals surface area (Å²) in [6, 6.07) is 4.16. The number of amidine groups is 1. The largest absolute Gasteiger partial charge is 0.409 e. The molecular formula is C12H15N5OS. The van der Waals surface area contributed by atoms with Gasteiger partial charge in [-0.3, -0.25) is 0 Å². The van der Waals surface area contributed by atoms with Crippen molar-refractivity contribution < 1.29 is 5.21 Å². The molecule has 0 fully saturated rings. The Morgan fingerprint density at radius 2 is 2.32 bits per heavy atom. The maximum Gasteiger partial charge on any atom is 0.190 e. The zero-order valence-electron chi connectivity index (χ0n) is 10.5. The molecule has 0 amide bonds. The van der Waals surface area contributed by atoms with Crippen molar-refractivity contribution >= 4 is 23.0 Å². The van der Waals surface area contributed by atoms with Gasteiger partial charge in [-0.05, 0) is 17.9 Å². The SMILES string of the molecule is CN(CCc1cccs1)c1cnc(C(N)=NO)cn1. The molecule has 0 saturated carbocycles. The maximum absolute atomic E-state index is 8.54. The highest BCUT2D eigenvalue weighted by Gasteiger charge is 2.06. The van der Waals surface area contributed by atoms with Crippen LogP contribution in [0.15, 0.2) is 35.1 Å². The maximum atomic E-state index is 8.54. The highest BCUT2D eigenvalue weighted by Crippen LogP contribution is 2.12. The number of thiophene rings is 1. The van der Waals surface area contributed by atoms with Crippen LogP contribution < -0.4 is 10.6 Å². The molecule has 19 heavy (non-hydrogen) atoms. The molecule has 2 aromatic rings. The summed E-state index contributed by atoms with van der Waals surface area (Å²) in [5, 5.41) is 13.5. The van der Waals surface area contributed by atoms with Gasteiger partial charge in [0.2, 0.25) is 0 Å². The summed E-state index contributed by atoms with van der Waals surface area (Å²) in [5.41, 5.74) is 5.79. The van der Waals surface area contributed by atoms with Crippen LogP contribution in [0.1, 0.15) is 10.6 Å². The number of likely N-dealkylation sites (N-methyl/N-ethyl adjacent to an activating group) is 1. The summed E-state index contributed by atoms with van der Waals surface area (Å²) < 4.78 is 0. The third-order valence-electron chi connectivity index (χ3n) is 2.67. The number of hydrogen-bond acceptors (Lipinski definition) is 6. The van der Waals surface area contributed by atoms with Crippen molar-refractivity contribution in [2.75, 3.05) is 18.5 Å². The van der Waals surface area contributed by atoms with Crippen LogP contribution >= 0.6 is 11.3 Å². The first-order valence-corrected chi connectivity index (χ1v) is 6.62. The predicted octanol–water partition coefficient (Wildman–Crippen LogP) is 1.31. The Labute approximate surface area is 115 Å². The summed E-state index contributed by atoms with van der Waals surface area (Å²) in [5.74, 6) is 0.714. The smallest absolute Gasteiger partial charge is 0.190 e. The third-order valence-corrected chi connectivity index (χ3v) is 3.61. The highest BCUT2D eigenvalue weighted by atomic mass is 32.1. The second-order valence-electron chi connectivity index (χ2n) is 4.00. The molecule has 0 aromatic carbocycles. The van der Waals surface area contributed by atoms with E-state index in [4.69, 9.17) is 10.9 Å². The lowest BCUT2D eigenvalue weighted by Crippen LogP contribution is -2.22. The Bertz CT molecular complexity index is 538. The van der Waals surface area contributed by atoms with E-state index in [0.29, 0.717) is 5.69 Å². The molecule has 0 spiro atoms. The Kier molecular flexibility index (Phi) is 4.30. The average molecular weight is 277 g/mol. The predicted molar refractivity (Wildman–Crippen MR) is 75.8 cm³/mol. The molecule has 2 aromatic heterocycles. The minimum Gasteiger partial charge on any atom is -0.409 e. The van der Waals surface area contributed by atoms with E-state index in [-0.39, 0.29) is 5.84 Å². The van der Waals surface area contributed by atoms with E-state index in [2.05, 4.69) is 26.6 Å². The van der Waals surface area contributed by atoms with Crippen LogP contribution in [0, 0.1) is 0 Å². The molecule has 0 aliphatic rings. The van der Waals surface area contributed by atoms with Crippen molar-refractivity contribution in [2.45, 2.75) is 6.42 Å². The molecular weight excluding hydrogens is 262 g/mol. The lowest BCUT2D eigenvalue weighted by Gasteiger charge is -2.17. The van der Waals surface area contributed by atoms with Gasteiger partial charge in [0.1, 0.15) is 11.5 Å². The van der Waals surface area contributed by atoms with Crippen LogP contribution in [0.4, 0.5) is 5.82 Å². The van der Waals surface area contributed by atoms with Crippen LogP contribution in [0.2, 0.25) is 0 Å². The van der Waals surface area contributed by atoms with Gasteiger partial charge in [0, 0.05) is 18.5 Å². The van der Waals surface area contributed by atoms with Crippen LogP contribution in [-0.4, -0.2) is 34.6 Å². The summed E-state index contributed by atoms with van der Waals surface area (Å²) in [7, 11) is 1.96. The first-order valence-electron chi connectivity index (χ1n) is 5.74. The molecule has 0 bridgehead atoms. The fourth-order valence-electron chi connectivity index (χ4n) is 1.55. The lowest BCUT2D eigenvalue weighted by atomic mass is 10.3. The first-order chi connectivity index (χ1) is 9.20. The number of hydrogen-bond donors (Lipinski definition) is 2. The topological polar surface area (TPSA) is 87.6 Å². The van der Waals surface area contributed by atoms with Crippen LogP contribution in [0.3, 0.4) is 0 Å². The molecule has 3 N–H and O–H groups in total. The van der Waals surface area contributed by atoms with Crippen LogP contribution in [0.25, 0.3) is 0 Å². The summed E-state index contributed by atoms with van der Waals surface area (Å²) >= 11 is 1.75. The fraction of sp³-hybridized carbons (Fsp3) is 0.250. The molecule has 0 unspecified atom stereocenters. The van der Waals surface area contributed by atoms with Crippen molar-refractivity contribution in [3.8, 4) is 0 Å². The van der Waals surface area contributed by atoms with E-state index in [0.717, 1.165) is 18.8 Å². The molecule has 7 heteroatoms. The molecule has 0 radical (unpaired) electrons. The molecule has 2 rings (SSSR count). The quantitative estimate of drug-likeness (QED) is 0.372. The second-order valence-corrected chi connectivity index (χ2v) is 5.03. The minimum absolute atomic E-state index is 0.0414. The van der Waals surface area contributed by atoms with Gasteiger partial charge < -0.3 is 15.8 Å². The number of anilines is 1. The average Bonchev–Trinajstić information content (AvgIpc) is 2.97. The number of nitrogens with zero attached hydrogens (tertiary/aromatic N) is 4. The van der Waals surface area contributed by atoms with Crippen LogP contribution in [0.5, 0.6) is 0 Å². The van der Waals surface area contributed by atoms with Crippen LogP contribution in [-0.2, 0) is 6.42 Å². The molecule has 2 heterocycles. The Balaban J connectivity index is 1.97. The highest BCUT2D eigenvalue weighted by molar-refractivity contribution is 7.09. The van der Waals surface area contributed by atoms with Gasteiger partial charge in [0.15, 0.2) is 5.84 Å². The molecule has 0 aliphatic carbocycles. The van der Waals surface area contributed by atoms with E-state index in [1.807, 2.05) is 18.0 Å². The summed E-state index contributed by atoms with van der Waals surface area (Å²) in [4.78, 5) is 11.7.